The van der Waals surface area contributed by atoms with Crippen LogP contribution in [-0.2, 0) is 6.54 Å². The molecule has 3 heterocycles. The monoisotopic (exact) mass is 348 g/mol. The molecule has 6 heteroatoms. The van der Waals surface area contributed by atoms with Crippen molar-refractivity contribution >= 4 is 5.82 Å². The Morgan fingerprint density at radius 1 is 1.12 bits per heavy atom. The van der Waals surface area contributed by atoms with E-state index in [1.54, 1.807) is 6.20 Å². The van der Waals surface area contributed by atoms with E-state index in [1.807, 2.05) is 41.2 Å². The standard InChI is InChI=1S/C20H24N6/c1-24(15-17-11-14-26(23-17)18-7-3-2-4-8-18)19-9-6-13-25(16-19)20-10-5-12-21-22-20/h2-5,7-8,10-12,14,19H,6,9,13,15-16H2,1H3. The van der Waals surface area contributed by atoms with Crippen LogP contribution in [0.1, 0.15) is 18.5 Å². The lowest BCUT2D eigenvalue weighted by atomic mass is 10.0. The molecule has 1 aromatic carbocycles. The van der Waals surface area contributed by atoms with Crippen molar-refractivity contribution < 1.29 is 0 Å². The first-order chi connectivity index (χ1) is 12.8. The van der Waals surface area contributed by atoms with Crippen molar-refractivity contribution in [1.29, 1.82) is 0 Å². The van der Waals surface area contributed by atoms with E-state index in [1.165, 1.54) is 12.8 Å². The quantitative estimate of drug-likeness (QED) is 0.710. The highest BCUT2D eigenvalue weighted by atomic mass is 15.3. The summed E-state index contributed by atoms with van der Waals surface area (Å²) >= 11 is 0. The topological polar surface area (TPSA) is 50.1 Å². The maximum absolute atomic E-state index is 4.73. The Kier molecular flexibility index (Phi) is 4.93. The number of likely N-dealkylation sites (N-methyl/N-ethyl adjacent to an activating group) is 1. The molecule has 0 bridgehead atoms. The number of hydrogen-bond acceptors (Lipinski definition) is 5. The van der Waals surface area contributed by atoms with Crippen LogP contribution in [0.2, 0.25) is 0 Å². The second-order valence-electron chi connectivity index (χ2n) is 6.83. The number of piperidine rings is 1. The summed E-state index contributed by atoms with van der Waals surface area (Å²) in [6, 6.07) is 16.8. The normalized spacial score (nSPS) is 17.6. The van der Waals surface area contributed by atoms with Gasteiger partial charge < -0.3 is 4.90 Å². The molecule has 0 N–H and O–H groups in total. The molecule has 1 unspecified atom stereocenters. The van der Waals surface area contributed by atoms with Gasteiger partial charge in [0, 0.05) is 38.1 Å². The van der Waals surface area contributed by atoms with Crippen molar-refractivity contribution in [2.45, 2.75) is 25.4 Å². The van der Waals surface area contributed by atoms with E-state index >= 15 is 0 Å². The fraction of sp³-hybridized carbons (Fsp3) is 0.350. The number of anilines is 1. The second kappa shape index (κ2) is 7.66. The zero-order valence-corrected chi connectivity index (χ0v) is 15.1. The molecule has 1 aliphatic heterocycles. The van der Waals surface area contributed by atoms with Crippen molar-refractivity contribution in [3.63, 3.8) is 0 Å². The van der Waals surface area contributed by atoms with E-state index in [2.05, 4.69) is 45.2 Å². The van der Waals surface area contributed by atoms with Crippen LogP contribution < -0.4 is 4.90 Å². The fourth-order valence-electron chi connectivity index (χ4n) is 3.54. The van der Waals surface area contributed by atoms with Gasteiger partial charge in [-0.15, -0.1) is 5.10 Å². The van der Waals surface area contributed by atoms with Crippen molar-refractivity contribution in [2.24, 2.45) is 0 Å². The molecule has 1 aliphatic rings. The first kappa shape index (κ1) is 16.7. The van der Waals surface area contributed by atoms with Gasteiger partial charge in [-0.2, -0.15) is 10.2 Å². The third-order valence-electron chi connectivity index (χ3n) is 4.98. The first-order valence-corrected chi connectivity index (χ1v) is 9.12. The number of rotatable bonds is 5. The number of aromatic nitrogens is 4. The maximum Gasteiger partial charge on any atom is 0.151 e. The minimum Gasteiger partial charge on any atom is -0.354 e. The third kappa shape index (κ3) is 3.75. The van der Waals surface area contributed by atoms with Crippen LogP contribution in [0.5, 0.6) is 0 Å². The average molecular weight is 348 g/mol. The van der Waals surface area contributed by atoms with Crippen molar-refractivity contribution in [1.82, 2.24) is 24.9 Å². The molecule has 6 nitrogen and oxygen atoms in total. The van der Waals surface area contributed by atoms with Gasteiger partial charge in [-0.1, -0.05) is 18.2 Å². The van der Waals surface area contributed by atoms with Gasteiger partial charge in [0.15, 0.2) is 5.82 Å². The van der Waals surface area contributed by atoms with Crippen LogP contribution in [-0.4, -0.2) is 51.1 Å². The van der Waals surface area contributed by atoms with Crippen molar-refractivity contribution in [3.8, 4) is 5.69 Å². The van der Waals surface area contributed by atoms with Gasteiger partial charge in [0.2, 0.25) is 0 Å². The lowest BCUT2D eigenvalue weighted by Gasteiger charge is -2.37. The minimum absolute atomic E-state index is 0.493. The van der Waals surface area contributed by atoms with Crippen LogP contribution in [0.3, 0.4) is 0 Å². The summed E-state index contributed by atoms with van der Waals surface area (Å²) < 4.78 is 1.94. The molecule has 1 saturated heterocycles. The van der Waals surface area contributed by atoms with Crippen LogP contribution in [0.4, 0.5) is 5.82 Å². The first-order valence-electron chi connectivity index (χ1n) is 9.12. The number of nitrogens with zero attached hydrogens (tertiary/aromatic N) is 6. The molecular formula is C20H24N6. The predicted molar refractivity (Wildman–Crippen MR) is 102 cm³/mol. The van der Waals surface area contributed by atoms with Gasteiger partial charge >= 0.3 is 0 Å². The Hall–Kier alpha value is -2.73. The highest BCUT2D eigenvalue weighted by Gasteiger charge is 2.24. The number of benzene rings is 1. The predicted octanol–water partition coefficient (Wildman–Crippen LogP) is 2.76. The third-order valence-corrected chi connectivity index (χ3v) is 4.98. The molecule has 134 valence electrons. The lowest BCUT2D eigenvalue weighted by molar-refractivity contribution is 0.205. The average Bonchev–Trinajstić information content (AvgIpc) is 3.18. The Morgan fingerprint density at radius 3 is 2.81 bits per heavy atom. The van der Waals surface area contributed by atoms with Gasteiger partial charge in [-0.05, 0) is 50.2 Å². The van der Waals surface area contributed by atoms with Crippen LogP contribution in [0, 0.1) is 0 Å². The van der Waals surface area contributed by atoms with E-state index in [-0.39, 0.29) is 0 Å². The Bertz CT molecular complexity index is 817. The molecular weight excluding hydrogens is 324 g/mol. The van der Waals surface area contributed by atoms with Gasteiger partial charge in [-0.3, -0.25) is 4.90 Å². The van der Waals surface area contributed by atoms with E-state index in [9.17, 15) is 0 Å². The molecule has 1 atom stereocenters. The van der Waals surface area contributed by atoms with Crippen LogP contribution in [0.25, 0.3) is 5.69 Å². The summed E-state index contributed by atoms with van der Waals surface area (Å²) in [5, 5.41) is 13.0. The minimum atomic E-state index is 0.493. The zero-order chi connectivity index (χ0) is 17.8. The molecule has 0 aliphatic carbocycles. The summed E-state index contributed by atoms with van der Waals surface area (Å²) in [6.45, 7) is 2.87. The zero-order valence-electron chi connectivity index (χ0n) is 15.1. The van der Waals surface area contributed by atoms with E-state index in [4.69, 9.17) is 5.10 Å². The molecule has 0 radical (unpaired) electrons. The molecule has 0 saturated carbocycles. The molecule has 0 amide bonds. The Labute approximate surface area is 154 Å². The summed E-state index contributed by atoms with van der Waals surface area (Å²) in [5.41, 5.74) is 2.18. The van der Waals surface area contributed by atoms with Gasteiger partial charge in [-0.25, -0.2) is 4.68 Å². The summed E-state index contributed by atoms with van der Waals surface area (Å²) in [4.78, 5) is 4.74. The molecule has 4 rings (SSSR count). The SMILES string of the molecule is CN(Cc1ccn(-c2ccccc2)n1)C1CCCN(c2cccnn2)C1. The highest BCUT2D eigenvalue weighted by molar-refractivity contribution is 5.37. The van der Waals surface area contributed by atoms with Crippen molar-refractivity contribution in [3.05, 3.63) is 66.6 Å². The van der Waals surface area contributed by atoms with Crippen molar-refractivity contribution in [2.75, 3.05) is 25.0 Å². The van der Waals surface area contributed by atoms with Crippen LogP contribution >= 0.6 is 0 Å². The molecule has 26 heavy (non-hydrogen) atoms. The lowest BCUT2D eigenvalue weighted by Crippen LogP contribution is -2.46. The summed E-state index contributed by atoms with van der Waals surface area (Å²) in [5.74, 6) is 0.971. The Balaban J connectivity index is 1.40. The van der Waals surface area contributed by atoms with E-state index in [0.717, 1.165) is 36.8 Å². The second-order valence-corrected chi connectivity index (χ2v) is 6.83. The molecule has 3 aromatic rings. The van der Waals surface area contributed by atoms with E-state index < -0.39 is 0 Å². The maximum atomic E-state index is 4.73. The number of para-hydroxylation sites is 1. The van der Waals surface area contributed by atoms with Gasteiger partial charge in [0.05, 0.1) is 11.4 Å². The van der Waals surface area contributed by atoms with Gasteiger partial charge in [0.1, 0.15) is 0 Å². The molecule has 2 aromatic heterocycles. The summed E-state index contributed by atoms with van der Waals surface area (Å²) in [6.07, 6.45) is 6.13. The molecule has 0 spiro atoms. The largest absolute Gasteiger partial charge is 0.354 e. The van der Waals surface area contributed by atoms with Gasteiger partial charge in [0.25, 0.3) is 0 Å². The fourth-order valence-corrected chi connectivity index (χ4v) is 3.54. The van der Waals surface area contributed by atoms with Crippen LogP contribution in [0.15, 0.2) is 60.9 Å². The Morgan fingerprint density at radius 2 is 2.00 bits per heavy atom. The van der Waals surface area contributed by atoms with E-state index in [0.29, 0.717) is 6.04 Å². The highest BCUT2D eigenvalue weighted by Crippen LogP contribution is 2.20. The summed E-state index contributed by atoms with van der Waals surface area (Å²) in [7, 11) is 2.19. The molecule has 1 fully saturated rings. The number of hydrogen-bond donors (Lipinski definition) is 0. The smallest absolute Gasteiger partial charge is 0.151 e.